The molecule has 212 valence electrons. The van der Waals surface area contributed by atoms with Crippen molar-refractivity contribution in [3.05, 3.63) is 65.2 Å². The van der Waals surface area contributed by atoms with Crippen LogP contribution in [0.25, 0.3) is 0 Å². The van der Waals surface area contributed by atoms with Gasteiger partial charge < -0.3 is 14.8 Å². The predicted molar refractivity (Wildman–Crippen MR) is 154 cm³/mol. The van der Waals surface area contributed by atoms with Crippen LogP contribution in [0, 0.1) is 0 Å². The van der Waals surface area contributed by atoms with Gasteiger partial charge in [0.15, 0.2) is 0 Å². The van der Waals surface area contributed by atoms with Crippen molar-refractivity contribution >= 4 is 12.0 Å². The molecule has 1 aliphatic heterocycles. The van der Waals surface area contributed by atoms with Crippen molar-refractivity contribution in [3.8, 4) is 5.75 Å². The van der Waals surface area contributed by atoms with Crippen molar-refractivity contribution in [1.29, 1.82) is 0 Å². The summed E-state index contributed by atoms with van der Waals surface area (Å²) >= 11 is 0. The van der Waals surface area contributed by atoms with E-state index in [0.717, 1.165) is 54.7 Å². The largest absolute Gasteiger partial charge is 0.489 e. The molecule has 1 aliphatic carbocycles. The maximum Gasteiger partial charge on any atom is 0.411 e. The minimum absolute atomic E-state index is 0.0595. The van der Waals surface area contributed by atoms with Crippen molar-refractivity contribution in [3.63, 3.8) is 0 Å². The third kappa shape index (κ3) is 7.75. The Morgan fingerprint density at radius 1 is 1.00 bits per heavy atom. The molecule has 7 heteroatoms. The number of fused-ring (bicyclic) bond motifs is 1. The summed E-state index contributed by atoms with van der Waals surface area (Å²) in [6, 6.07) is 16.0. The highest BCUT2D eigenvalue weighted by Crippen LogP contribution is 2.34. The number of carbonyl (C=O) groups excluding carboxylic acids is 2. The van der Waals surface area contributed by atoms with Gasteiger partial charge in [0, 0.05) is 31.7 Å². The first-order valence-electron chi connectivity index (χ1n) is 14.6. The fourth-order valence-corrected chi connectivity index (χ4v) is 5.82. The van der Waals surface area contributed by atoms with E-state index in [4.69, 9.17) is 9.47 Å². The van der Waals surface area contributed by atoms with Crippen molar-refractivity contribution in [2.45, 2.75) is 97.1 Å². The number of hydrogen-bond donors (Lipinski definition) is 1. The molecule has 0 bridgehead atoms. The minimum atomic E-state index is -0.723. The Labute approximate surface area is 233 Å². The van der Waals surface area contributed by atoms with Crippen molar-refractivity contribution in [2.75, 3.05) is 19.6 Å². The Morgan fingerprint density at radius 2 is 1.72 bits per heavy atom. The average Bonchev–Trinajstić information content (AvgIpc) is 2.94. The molecule has 1 unspecified atom stereocenters. The summed E-state index contributed by atoms with van der Waals surface area (Å²) in [5, 5.41) is 3.12. The molecule has 2 aromatic carbocycles. The van der Waals surface area contributed by atoms with Crippen LogP contribution in [0.1, 0.15) is 82.5 Å². The van der Waals surface area contributed by atoms with Crippen LogP contribution in [0.4, 0.5) is 4.79 Å². The van der Waals surface area contributed by atoms with Crippen LogP contribution in [0.15, 0.2) is 48.5 Å². The first-order valence-corrected chi connectivity index (χ1v) is 14.6. The average molecular weight is 536 g/mol. The molecule has 0 radical (unpaired) electrons. The minimum Gasteiger partial charge on any atom is -0.489 e. The third-order valence-corrected chi connectivity index (χ3v) is 7.89. The van der Waals surface area contributed by atoms with E-state index in [1.54, 1.807) is 4.90 Å². The first-order chi connectivity index (χ1) is 18.8. The van der Waals surface area contributed by atoms with Crippen LogP contribution >= 0.6 is 0 Å². The fraction of sp³-hybridized carbons (Fsp3) is 0.562. The molecule has 0 spiro atoms. The Balaban J connectivity index is 1.50. The summed E-state index contributed by atoms with van der Waals surface area (Å²) in [6.07, 6.45) is 5.35. The number of hydrogen-bond acceptors (Lipinski definition) is 5. The van der Waals surface area contributed by atoms with Gasteiger partial charge in [-0.3, -0.25) is 14.6 Å². The van der Waals surface area contributed by atoms with E-state index in [-0.39, 0.29) is 18.1 Å². The molecule has 4 rings (SSSR count). The van der Waals surface area contributed by atoms with E-state index in [2.05, 4.69) is 37.9 Å². The highest BCUT2D eigenvalue weighted by molar-refractivity contribution is 5.88. The number of nitrogens with zero attached hydrogens (tertiary/aromatic N) is 2. The maximum absolute atomic E-state index is 13.7. The zero-order valence-electron chi connectivity index (χ0n) is 24.0. The lowest BCUT2D eigenvalue weighted by Crippen LogP contribution is -2.49. The molecule has 7 nitrogen and oxygen atoms in total. The normalized spacial score (nSPS) is 17.8. The SMILES string of the molecule is CC(C)N(CCNC(=O)C1c2ccc(OCc3ccccc3)cc2CCN1C(=O)OC1CCCCC1)C(C)C. The number of nitrogens with one attached hydrogen (secondary N) is 1. The van der Waals surface area contributed by atoms with Gasteiger partial charge in [-0.15, -0.1) is 0 Å². The van der Waals surface area contributed by atoms with E-state index < -0.39 is 6.04 Å². The van der Waals surface area contributed by atoms with E-state index in [9.17, 15) is 9.59 Å². The highest BCUT2D eigenvalue weighted by Gasteiger charge is 2.38. The second kappa shape index (κ2) is 13.8. The summed E-state index contributed by atoms with van der Waals surface area (Å²) in [7, 11) is 0. The second-order valence-electron chi connectivity index (χ2n) is 11.3. The molecule has 1 saturated carbocycles. The van der Waals surface area contributed by atoms with Gasteiger partial charge in [-0.2, -0.15) is 0 Å². The summed E-state index contributed by atoms with van der Waals surface area (Å²) in [5.41, 5.74) is 2.98. The van der Waals surface area contributed by atoms with Gasteiger partial charge in [-0.1, -0.05) is 42.8 Å². The smallest absolute Gasteiger partial charge is 0.411 e. The van der Waals surface area contributed by atoms with Crippen LogP contribution in [0.3, 0.4) is 0 Å². The van der Waals surface area contributed by atoms with Crippen LogP contribution in [-0.4, -0.2) is 59.6 Å². The summed E-state index contributed by atoms with van der Waals surface area (Å²) in [6.45, 7) is 10.8. The number of carbonyl (C=O) groups is 2. The zero-order chi connectivity index (χ0) is 27.8. The number of benzene rings is 2. The van der Waals surface area contributed by atoms with Gasteiger partial charge in [0.2, 0.25) is 5.91 Å². The van der Waals surface area contributed by atoms with E-state index >= 15 is 0 Å². The van der Waals surface area contributed by atoms with Gasteiger partial charge in [-0.25, -0.2) is 4.79 Å². The van der Waals surface area contributed by atoms with Gasteiger partial charge in [-0.05, 0) is 88.6 Å². The van der Waals surface area contributed by atoms with Gasteiger partial charge in [0.05, 0.1) is 0 Å². The molecule has 2 aliphatic rings. The topological polar surface area (TPSA) is 71.1 Å². The molecule has 0 aromatic heterocycles. The molecule has 0 saturated heterocycles. The maximum atomic E-state index is 13.7. The monoisotopic (exact) mass is 535 g/mol. The molecular formula is C32H45N3O4. The molecular weight excluding hydrogens is 490 g/mol. The lowest BCUT2D eigenvalue weighted by Gasteiger charge is -2.37. The standard InChI is InChI=1S/C32H45N3O4/c1-23(2)34(24(3)4)20-18-33-31(36)30-29-16-15-28(38-22-25-11-7-5-8-12-25)21-26(29)17-19-35(30)32(37)39-27-13-9-6-10-14-27/h5,7-8,11-12,15-16,21,23-24,27,30H,6,9-10,13-14,17-20,22H2,1-4H3,(H,33,36). The lowest BCUT2D eigenvalue weighted by atomic mass is 9.92. The number of rotatable bonds is 10. The quantitative estimate of drug-likeness (QED) is 0.412. The Bertz CT molecular complexity index is 1070. The Morgan fingerprint density at radius 3 is 2.41 bits per heavy atom. The number of ether oxygens (including phenoxy) is 2. The van der Waals surface area contributed by atoms with Crippen LogP contribution < -0.4 is 10.1 Å². The molecule has 1 fully saturated rings. The van der Waals surface area contributed by atoms with E-state index in [0.29, 0.717) is 38.2 Å². The van der Waals surface area contributed by atoms with Gasteiger partial charge in [0.1, 0.15) is 24.5 Å². The summed E-state index contributed by atoms with van der Waals surface area (Å²) in [4.78, 5) is 31.0. The third-order valence-electron chi connectivity index (χ3n) is 7.89. The van der Waals surface area contributed by atoms with Gasteiger partial charge in [0.25, 0.3) is 0 Å². The van der Waals surface area contributed by atoms with E-state index in [1.165, 1.54) is 6.42 Å². The number of amides is 2. The second-order valence-corrected chi connectivity index (χ2v) is 11.3. The summed E-state index contributed by atoms with van der Waals surface area (Å²) < 4.78 is 12.0. The Kier molecular flexibility index (Phi) is 10.3. The fourth-order valence-electron chi connectivity index (χ4n) is 5.82. The lowest BCUT2D eigenvalue weighted by molar-refractivity contribution is -0.127. The molecule has 1 heterocycles. The van der Waals surface area contributed by atoms with Crippen molar-refractivity contribution in [2.24, 2.45) is 0 Å². The first kappa shape index (κ1) is 28.9. The molecule has 2 amide bonds. The Hall–Kier alpha value is -3.06. The predicted octanol–water partition coefficient (Wildman–Crippen LogP) is 5.87. The summed E-state index contributed by atoms with van der Waals surface area (Å²) in [5.74, 6) is 0.599. The molecule has 39 heavy (non-hydrogen) atoms. The van der Waals surface area contributed by atoms with Crippen LogP contribution in [0.5, 0.6) is 5.75 Å². The van der Waals surface area contributed by atoms with Gasteiger partial charge >= 0.3 is 6.09 Å². The molecule has 1 atom stereocenters. The van der Waals surface area contributed by atoms with Crippen molar-refractivity contribution in [1.82, 2.24) is 15.1 Å². The van der Waals surface area contributed by atoms with Crippen LogP contribution in [0.2, 0.25) is 0 Å². The zero-order valence-corrected chi connectivity index (χ0v) is 24.0. The highest BCUT2D eigenvalue weighted by atomic mass is 16.6. The van der Waals surface area contributed by atoms with E-state index in [1.807, 2.05) is 48.5 Å². The molecule has 2 aromatic rings. The van der Waals surface area contributed by atoms with Crippen molar-refractivity contribution < 1.29 is 19.1 Å². The molecule has 1 N–H and O–H groups in total. The van der Waals surface area contributed by atoms with Crippen LogP contribution in [-0.2, 0) is 22.6 Å².